The van der Waals surface area contributed by atoms with Crippen LogP contribution in [0, 0.1) is 0 Å². The molecular formula is C25H25ClN2O4S. The third-order valence-electron chi connectivity index (χ3n) is 5.74. The van der Waals surface area contributed by atoms with Crippen LogP contribution in [0.4, 0.5) is 0 Å². The standard InChI is InChI=1S/C25H25ClN2O4S/c1-32-23-12-11-22(26)15-24(23)33(30,31)28(16-19-7-3-2-4-8-19)18-25(29)27-14-13-20-9-5-6-10-21(20)17-27/h2-12,15H,13-14,16-18H2,1H3. The second-order valence-electron chi connectivity index (χ2n) is 7.89. The SMILES string of the molecule is COc1ccc(Cl)cc1S(=O)(=O)N(CC(=O)N1CCc2ccccc2C1)Cc1ccccc1. The van der Waals surface area contributed by atoms with Gasteiger partial charge in [-0.2, -0.15) is 4.31 Å². The highest BCUT2D eigenvalue weighted by atomic mass is 35.5. The van der Waals surface area contributed by atoms with Crippen molar-refractivity contribution in [1.82, 2.24) is 9.21 Å². The monoisotopic (exact) mass is 484 g/mol. The van der Waals surface area contributed by atoms with E-state index in [1.165, 1.54) is 29.1 Å². The third-order valence-corrected chi connectivity index (χ3v) is 7.79. The first kappa shape index (κ1) is 23.3. The van der Waals surface area contributed by atoms with E-state index in [2.05, 4.69) is 6.07 Å². The molecule has 0 saturated heterocycles. The zero-order valence-corrected chi connectivity index (χ0v) is 19.8. The fourth-order valence-corrected chi connectivity index (χ4v) is 5.76. The van der Waals surface area contributed by atoms with Gasteiger partial charge in [0.05, 0.1) is 13.7 Å². The van der Waals surface area contributed by atoms with E-state index < -0.39 is 10.0 Å². The van der Waals surface area contributed by atoms with Gasteiger partial charge in [0, 0.05) is 24.7 Å². The minimum atomic E-state index is -4.08. The summed E-state index contributed by atoms with van der Waals surface area (Å²) in [7, 11) is -2.68. The van der Waals surface area contributed by atoms with Crippen molar-refractivity contribution in [3.05, 3.63) is 94.5 Å². The van der Waals surface area contributed by atoms with Crippen LogP contribution in [0.15, 0.2) is 77.7 Å². The summed E-state index contributed by atoms with van der Waals surface area (Å²) in [5.74, 6) is -0.0678. The average Bonchev–Trinajstić information content (AvgIpc) is 2.83. The molecule has 0 bridgehead atoms. The molecule has 0 spiro atoms. The molecule has 1 heterocycles. The normalized spacial score (nSPS) is 13.6. The number of ether oxygens (including phenoxy) is 1. The summed E-state index contributed by atoms with van der Waals surface area (Å²) in [5, 5.41) is 0.271. The lowest BCUT2D eigenvalue weighted by atomic mass is 10.00. The smallest absolute Gasteiger partial charge is 0.247 e. The Morgan fingerprint density at radius 2 is 1.73 bits per heavy atom. The van der Waals surface area contributed by atoms with Crippen molar-refractivity contribution in [2.75, 3.05) is 20.2 Å². The number of rotatable bonds is 7. The summed E-state index contributed by atoms with van der Waals surface area (Å²) in [6.45, 7) is 0.786. The summed E-state index contributed by atoms with van der Waals surface area (Å²) in [6, 6.07) is 21.6. The molecule has 0 radical (unpaired) electrons. The lowest BCUT2D eigenvalue weighted by Gasteiger charge is -2.31. The van der Waals surface area contributed by atoms with Crippen molar-refractivity contribution in [1.29, 1.82) is 0 Å². The first-order chi connectivity index (χ1) is 15.9. The van der Waals surface area contributed by atoms with Gasteiger partial charge >= 0.3 is 0 Å². The van der Waals surface area contributed by atoms with E-state index >= 15 is 0 Å². The van der Waals surface area contributed by atoms with E-state index in [4.69, 9.17) is 16.3 Å². The van der Waals surface area contributed by atoms with Crippen LogP contribution in [-0.4, -0.2) is 43.7 Å². The van der Waals surface area contributed by atoms with Crippen LogP contribution >= 0.6 is 11.6 Å². The molecule has 0 atom stereocenters. The number of sulfonamides is 1. The van der Waals surface area contributed by atoms with Crippen LogP contribution < -0.4 is 4.74 Å². The molecule has 0 saturated carbocycles. The predicted octanol–water partition coefficient (Wildman–Crippen LogP) is 4.12. The topological polar surface area (TPSA) is 66.9 Å². The van der Waals surface area contributed by atoms with Crippen LogP contribution in [0.2, 0.25) is 5.02 Å². The van der Waals surface area contributed by atoms with Gasteiger partial charge in [-0.1, -0.05) is 66.2 Å². The Labute approximate surface area is 199 Å². The van der Waals surface area contributed by atoms with Crippen LogP contribution in [0.1, 0.15) is 16.7 Å². The fraction of sp³-hybridized carbons (Fsp3) is 0.240. The average molecular weight is 485 g/mol. The quantitative estimate of drug-likeness (QED) is 0.506. The number of hydrogen-bond acceptors (Lipinski definition) is 4. The molecule has 1 aliphatic rings. The predicted molar refractivity (Wildman–Crippen MR) is 128 cm³/mol. The van der Waals surface area contributed by atoms with E-state index in [1.807, 2.05) is 48.5 Å². The summed E-state index contributed by atoms with van der Waals surface area (Å²) in [5.41, 5.74) is 3.09. The molecule has 33 heavy (non-hydrogen) atoms. The molecule has 172 valence electrons. The Morgan fingerprint density at radius 1 is 1.03 bits per heavy atom. The Balaban J connectivity index is 1.64. The number of hydrogen-bond donors (Lipinski definition) is 0. The highest BCUT2D eigenvalue weighted by Gasteiger charge is 2.32. The van der Waals surface area contributed by atoms with Crippen molar-refractivity contribution in [3.8, 4) is 5.75 Å². The Kier molecular flexibility index (Phi) is 7.02. The highest BCUT2D eigenvalue weighted by Crippen LogP contribution is 2.30. The van der Waals surface area contributed by atoms with E-state index in [0.29, 0.717) is 13.1 Å². The molecule has 1 aliphatic heterocycles. The molecule has 8 heteroatoms. The number of carbonyl (C=O) groups is 1. The molecule has 0 N–H and O–H groups in total. The molecule has 1 amide bonds. The van der Waals surface area contributed by atoms with Crippen molar-refractivity contribution >= 4 is 27.5 Å². The maximum atomic E-state index is 13.7. The molecular weight excluding hydrogens is 460 g/mol. The molecule has 0 aromatic heterocycles. The van der Waals surface area contributed by atoms with Gasteiger partial charge < -0.3 is 9.64 Å². The minimum Gasteiger partial charge on any atom is -0.495 e. The lowest BCUT2D eigenvalue weighted by molar-refractivity contribution is -0.132. The Bertz CT molecular complexity index is 1250. The maximum absolute atomic E-state index is 13.7. The van der Waals surface area contributed by atoms with Gasteiger partial charge in [-0.25, -0.2) is 8.42 Å². The Morgan fingerprint density at radius 3 is 2.45 bits per heavy atom. The zero-order chi connectivity index (χ0) is 23.4. The van der Waals surface area contributed by atoms with Gasteiger partial charge in [-0.15, -0.1) is 0 Å². The van der Waals surface area contributed by atoms with Gasteiger partial charge in [0.1, 0.15) is 10.6 Å². The first-order valence-electron chi connectivity index (χ1n) is 10.6. The third kappa shape index (κ3) is 5.21. The van der Waals surface area contributed by atoms with Crippen molar-refractivity contribution in [2.24, 2.45) is 0 Å². The number of nitrogens with zero attached hydrogens (tertiary/aromatic N) is 2. The van der Waals surface area contributed by atoms with Gasteiger partial charge in [0.25, 0.3) is 0 Å². The van der Waals surface area contributed by atoms with Crippen LogP contribution in [-0.2, 0) is 34.3 Å². The number of methoxy groups -OCH3 is 1. The first-order valence-corrected chi connectivity index (χ1v) is 12.4. The number of amides is 1. The van der Waals surface area contributed by atoms with E-state index in [-0.39, 0.29) is 34.7 Å². The highest BCUT2D eigenvalue weighted by molar-refractivity contribution is 7.89. The second-order valence-corrected chi connectivity index (χ2v) is 10.2. The van der Waals surface area contributed by atoms with Crippen LogP contribution in [0.3, 0.4) is 0 Å². The van der Waals surface area contributed by atoms with Gasteiger partial charge in [-0.3, -0.25) is 4.79 Å². The minimum absolute atomic E-state index is 0.0506. The Hall–Kier alpha value is -2.87. The molecule has 0 aliphatic carbocycles. The summed E-state index contributed by atoms with van der Waals surface area (Å²) >= 11 is 6.11. The second kappa shape index (κ2) is 9.95. The number of carbonyl (C=O) groups excluding carboxylic acids is 1. The van der Waals surface area contributed by atoms with Gasteiger partial charge in [0.2, 0.25) is 15.9 Å². The van der Waals surface area contributed by atoms with Crippen LogP contribution in [0.25, 0.3) is 0 Å². The van der Waals surface area contributed by atoms with Crippen LogP contribution in [0.5, 0.6) is 5.75 Å². The number of fused-ring (bicyclic) bond motifs is 1. The summed E-state index contributed by atoms with van der Waals surface area (Å²) < 4.78 is 33.9. The van der Waals surface area contributed by atoms with E-state index in [1.54, 1.807) is 11.0 Å². The lowest BCUT2D eigenvalue weighted by Crippen LogP contribution is -2.44. The van der Waals surface area contributed by atoms with Gasteiger partial charge in [0.15, 0.2) is 0 Å². The van der Waals surface area contributed by atoms with Crippen molar-refractivity contribution in [3.63, 3.8) is 0 Å². The van der Waals surface area contributed by atoms with Gasteiger partial charge in [-0.05, 0) is 41.3 Å². The molecule has 3 aromatic rings. The number of halogens is 1. The fourth-order valence-electron chi connectivity index (χ4n) is 3.96. The molecule has 4 rings (SSSR count). The maximum Gasteiger partial charge on any atom is 0.247 e. The molecule has 6 nitrogen and oxygen atoms in total. The van der Waals surface area contributed by atoms with E-state index in [0.717, 1.165) is 17.5 Å². The van der Waals surface area contributed by atoms with Crippen molar-refractivity contribution < 1.29 is 17.9 Å². The molecule has 0 unspecified atom stereocenters. The zero-order valence-electron chi connectivity index (χ0n) is 18.3. The molecule has 3 aromatic carbocycles. The number of benzene rings is 3. The summed E-state index contributed by atoms with van der Waals surface area (Å²) in [4.78, 5) is 14.9. The summed E-state index contributed by atoms with van der Waals surface area (Å²) in [6.07, 6.45) is 0.746. The van der Waals surface area contributed by atoms with E-state index in [9.17, 15) is 13.2 Å². The molecule has 0 fully saturated rings. The van der Waals surface area contributed by atoms with Crippen molar-refractivity contribution in [2.45, 2.75) is 24.4 Å². The largest absolute Gasteiger partial charge is 0.495 e.